The number of nitrogens with one attached hydrogen (secondary N) is 1. The Kier molecular flexibility index (Phi) is 2.25. The average Bonchev–Trinajstić information content (AvgIpc) is 2.96. The Morgan fingerprint density at radius 2 is 2.11 bits per heavy atom. The molecule has 0 radical (unpaired) electrons. The molecule has 0 aliphatic carbocycles. The zero-order valence-corrected chi connectivity index (χ0v) is 10.1. The van der Waals surface area contributed by atoms with Gasteiger partial charge in [-0.3, -0.25) is 0 Å². The van der Waals surface area contributed by atoms with E-state index in [-0.39, 0.29) is 4.90 Å². The van der Waals surface area contributed by atoms with E-state index < -0.39 is 10.0 Å². The molecule has 6 nitrogen and oxygen atoms in total. The molecule has 0 atom stereocenters. The van der Waals surface area contributed by atoms with E-state index in [1.807, 2.05) is 6.07 Å². The SMILES string of the molecule is NS(=O)(=O)c1c[nH]c2c(-n3cccn3)cccc12. The molecule has 3 aromatic rings. The summed E-state index contributed by atoms with van der Waals surface area (Å²) in [5.74, 6) is 0. The topological polar surface area (TPSA) is 93.8 Å². The highest BCUT2D eigenvalue weighted by Gasteiger charge is 2.16. The Hall–Kier alpha value is -2.12. The van der Waals surface area contributed by atoms with Crippen LogP contribution in [0.3, 0.4) is 0 Å². The van der Waals surface area contributed by atoms with Gasteiger partial charge in [-0.05, 0) is 12.1 Å². The van der Waals surface area contributed by atoms with Gasteiger partial charge in [0.05, 0.1) is 11.2 Å². The van der Waals surface area contributed by atoms with Gasteiger partial charge < -0.3 is 4.98 Å². The van der Waals surface area contributed by atoms with E-state index in [9.17, 15) is 8.42 Å². The number of fused-ring (bicyclic) bond motifs is 1. The molecule has 0 aliphatic heterocycles. The second kappa shape index (κ2) is 3.69. The summed E-state index contributed by atoms with van der Waals surface area (Å²) < 4.78 is 24.5. The van der Waals surface area contributed by atoms with Gasteiger partial charge in [0.25, 0.3) is 0 Å². The minimum absolute atomic E-state index is 0.0894. The van der Waals surface area contributed by atoms with Gasteiger partial charge in [-0.25, -0.2) is 18.2 Å². The molecular weight excluding hydrogens is 252 g/mol. The third kappa shape index (κ3) is 1.60. The van der Waals surface area contributed by atoms with Crippen LogP contribution in [0, 0.1) is 0 Å². The smallest absolute Gasteiger partial charge is 0.240 e. The summed E-state index contributed by atoms with van der Waals surface area (Å²) in [5.41, 5.74) is 1.46. The number of primary sulfonamides is 1. The molecule has 2 aromatic heterocycles. The fourth-order valence-electron chi connectivity index (χ4n) is 1.95. The molecule has 0 fully saturated rings. The number of para-hydroxylation sites is 1. The van der Waals surface area contributed by atoms with Gasteiger partial charge >= 0.3 is 0 Å². The molecule has 3 N–H and O–H groups in total. The summed E-state index contributed by atoms with van der Waals surface area (Å²) in [6, 6.07) is 7.11. The number of aromatic nitrogens is 3. The first-order valence-corrected chi connectivity index (χ1v) is 6.75. The molecule has 1 aromatic carbocycles. The van der Waals surface area contributed by atoms with Crippen molar-refractivity contribution in [2.24, 2.45) is 5.14 Å². The Labute approximate surface area is 103 Å². The Balaban J connectivity index is 2.35. The zero-order chi connectivity index (χ0) is 12.8. The first-order chi connectivity index (χ1) is 8.57. The lowest BCUT2D eigenvalue weighted by atomic mass is 10.2. The molecule has 0 aliphatic rings. The molecule has 92 valence electrons. The standard InChI is InChI=1S/C11H10N4O2S/c12-18(16,17)10-7-13-11-8(10)3-1-4-9(11)15-6-2-5-14-15/h1-7,13H,(H2,12,16,17). The molecule has 3 rings (SSSR count). The van der Waals surface area contributed by atoms with E-state index in [2.05, 4.69) is 10.1 Å². The number of sulfonamides is 1. The van der Waals surface area contributed by atoms with E-state index in [0.29, 0.717) is 10.9 Å². The first-order valence-electron chi connectivity index (χ1n) is 5.20. The highest BCUT2D eigenvalue weighted by atomic mass is 32.2. The van der Waals surface area contributed by atoms with Crippen molar-refractivity contribution in [2.75, 3.05) is 0 Å². The van der Waals surface area contributed by atoms with Crippen LogP contribution in [-0.4, -0.2) is 23.2 Å². The van der Waals surface area contributed by atoms with Gasteiger partial charge in [0.1, 0.15) is 4.90 Å². The van der Waals surface area contributed by atoms with Crippen molar-refractivity contribution in [1.82, 2.24) is 14.8 Å². The van der Waals surface area contributed by atoms with E-state index in [1.54, 1.807) is 35.3 Å². The molecule has 0 amide bonds. The average molecular weight is 262 g/mol. The largest absolute Gasteiger partial charge is 0.358 e. The van der Waals surface area contributed by atoms with Gasteiger partial charge in [0.2, 0.25) is 10.0 Å². The van der Waals surface area contributed by atoms with Crippen molar-refractivity contribution in [3.05, 3.63) is 42.9 Å². The molecule has 0 unspecified atom stereocenters. The van der Waals surface area contributed by atoms with E-state index in [4.69, 9.17) is 5.14 Å². The number of hydrogen-bond acceptors (Lipinski definition) is 3. The lowest BCUT2D eigenvalue weighted by molar-refractivity contribution is 0.598. The summed E-state index contributed by atoms with van der Waals surface area (Å²) in [7, 11) is -3.73. The first kappa shape index (κ1) is 11.0. The number of H-pyrrole nitrogens is 1. The fourth-order valence-corrected chi connectivity index (χ4v) is 2.65. The van der Waals surface area contributed by atoms with Crippen LogP contribution in [0.1, 0.15) is 0 Å². The van der Waals surface area contributed by atoms with Crippen LogP contribution < -0.4 is 5.14 Å². The van der Waals surface area contributed by atoms with Gasteiger partial charge in [0, 0.05) is 24.0 Å². The zero-order valence-electron chi connectivity index (χ0n) is 9.24. The van der Waals surface area contributed by atoms with Crippen LogP contribution in [0.4, 0.5) is 0 Å². The number of aromatic amines is 1. The Morgan fingerprint density at radius 1 is 1.28 bits per heavy atom. The summed E-state index contributed by atoms with van der Waals surface area (Å²) in [5, 5.41) is 9.85. The molecule has 0 spiro atoms. The number of benzene rings is 1. The summed E-state index contributed by atoms with van der Waals surface area (Å²) in [4.78, 5) is 3.02. The molecule has 0 bridgehead atoms. The van der Waals surface area contributed by atoms with E-state index in [0.717, 1.165) is 5.69 Å². The number of rotatable bonds is 2. The molecular formula is C11H10N4O2S. The van der Waals surface area contributed by atoms with Crippen molar-refractivity contribution in [3.63, 3.8) is 0 Å². The maximum Gasteiger partial charge on any atom is 0.240 e. The van der Waals surface area contributed by atoms with Crippen molar-refractivity contribution in [1.29, 1.82) is 0 Å². The minimum Gasteiger partial charge on any atom is -0.358 e. The molecule has 0 saturated carbocycles. The summed E-state index contributed by atoms with van der Waals surface area (Å²) in [6.07, 6.45) is 4.83. The van der Waals surface area contributed by atoms with Crippen LogP contribution in [-0.2, 0) is 10.0 Å². The van der Waals surface area contributed by atoms with Crippen LogP contribution in [0.15, 0.2) is 47.8 Å². The molecule has 0 saturated heterocycles. The van der Waals surface area contributed by atoms with E-state index in [1.165, 1.54) is 6.20 Å². The minimum atomic E-state index is -3.73. The van der Waals surface area contributed by atoms with Gasteiger partial charge in [-0.1, -0.05) is 12.1 Å². The molecule has 2 heterocycles. The quantitative estimate of drug-likeness (QED) is 0.721. The molecule has 18 heavy (non-hydrogen) atoms. The van der Waals surface area contributed by atoms with E-state index >= 15 is 0 Å². The van der Waals surface area contributed by atoms with Crippen LogP contribution in [0.5, 0.6) is 0 Å². The predicted molar refractivity (Wildman–Crippen MR) is 66.8 cm³/mol. The summed E-state index contributed by atoms with van der Waals surface area (Å²) >= 11 is 0. The van der Waals surface area contributed by atoms with Crippen LogP contribution >= 0.6 is 0 Å². The van der Waals surface area contributed by atoms with Crippen LogP contribution in [0.2, 0.25) is 0 Å². The lowest BCUT2D eigenvalue weighted by Gasteiger charge is -2.03. The third-order valence-corrected chi connectivity index (χ3v) is 3.66. The normalized spacial score (nSPS) is 12.1. The monoisotopic (exact) mass is 262 g/mol. The van der Waals surface area contributed by atoms with Gasteiger partial charge in [-0.15, -0.1) is 0 Å². The molecule has 7 heteroatoms. The number of hydrogen-bond donors (Lipinski definition) is 2. The maximum absolute atomic E-state index is 11.4. The second-order valence-electron chi connectivity index (χ2n) is 3.85. The number of nitrogens with zero attached hydrogens (tertiary/aromatic N) is 2. The van der Waals surface area contributed by atoms with Crippen molar-refractivity contribution < 1.29 is 8.42 Å². The highest BCUT2D eigenvalue weighted by molar-refractivity contribution is 7.89. The second-order valence-corrected chi connectivity index (χ2v) is 5.38. The summed E-state index contributed by atoms with van der Waals surface area (Å²) in [6.45, 7) is 0. The third-order valence-electron chi connectivity index (χ3n) is 2.71. The Morgan fingerprint density at radius 3 is 2.78 bits per heavy atom. The Bertz CT molecular complexity index is 803. The van der Waals surface area contributed by atoms with Crippen molar-refractivity contribution >= 4 is 20.9 Å². The lowest BCUT2D eigenvalue weighted by Crippen LogP contribution is -2.11. The predicted octanol–water partition coefficient (Wildman–Crippen LogP) is 1.00. The van der Waals surface area contributed by atoms with Crippen LogP contribution in [0.25, 0.3) is 16.6 Å². The number of nitrogens with two attached hydrogens (primary N) is 1. The highest BCUT2D eigenvalue weighted by Crippen LogP contribution is 2.26. The fraction of sp³-hybridized carbons (Fsp3) is 0. The van der Waals surface area contributed by atoms with Crippen molar-refractivity contribution in [3.8, 4) is 5.69 Å². The maximum atomic E-state index is 11.4. The van der Waals surface area contributed by atoms with Gasteiger partial charge in [-0.2, -0.15) is 5.10 Å². The van der Waals surface area contributed by atoms with Crippen molar-refractivity contribution in [2.45, 2.75) is 4.90 Å². The van der Waals surface area contributed by atoms with Gasteiger partial charge in [0.15, 0.2) is 0 Å².